The third kappa shape index (κ3) is 2.05. The molecule has 0 radical (unpaired) electrons. The number of hydrogen-bond donors (Lipinski definition) is 1. The van der Waals surface area contributed by atoms with Crippen molar-refractivity contribution >= 4 is 12.2 Å². The monoisotopic (exact) mass is 259 g/mol. The summed E-state index contributed by atoms with van der Waals surface area (Å²) in [6, 6.07) is 14.2. The van der Waals surface area contributed by atoms with E-state index in [4.69, 9.17) is 8.92 Å². The number of para-hydroxylation sites is 1. The van der Waals surface area contributed by atoms with Crippen molar-refractivity contribution in [1.29, 1.82) is 0 Å². The molecule has 4 heteroatoms. The molecule has 0 bridgehead atoms. The number of methoxy groups -OCH3 is 1. The van der Waals surface area contributed by atoms with Crippen LogP contribution in [0.5, 0.6) is 11.5 Å². The molecule has 92 valence electrons. The van der Waals surface area contributed by atoms with Gasteiger partial charge in [0.25, 0.3) is 0 Å². The Kier molecular flexibility index (Phi) is 3.13. The molecule has 3 rings (SSSR count). The Morgan fingerprint density at radius 2 is 2.00 bits per heavy atom. The van der Waals surface area contributed by atoms with Crippen LogP contribution in [0, 0.1) is 0 Å². The van der Waals surface area contributed by atoms with Gasteiger partial charge in [0.1, 0.15) is 18.0 Å². The van der Waals surface area contributed by atoms with Gasteiger partial charge in [0.15, 0.2) is 5.75 Å². The second-order valence-corrected chi connectivity index (χ2v) is 4.63. The smallest absolute Gasteiger partial charge is 0.151 e. The minimum absolute atomic E-state index is 0.823. The fourth-order valence-electron chi connectivity index (χ4n) is 2.00. The van der Waals surface area contributed by atoms with Crippen LogP contribution in [-0.4, -0.2) is 7.11 Å². The number of rotatable bonds is 2. The summed E-state index contributed by atoms with van der Waals surface area (Å²) >= 11 is 1.28. The van der Waals surface area contributed by atoms with Gasteiger partial charge in [-0.3, -0.25) is 0 Å². The van der Waals surface area contributed by atoms with Gasteiger partial charge in [0.05, 0.1) is 7.11 Å². The van der Waals surface area contributed by atoms with E-state index < -0.39 is 0 Å². The lowest BCUT2D eigenvalue weighted by Crippen LogP contribution is -2.12. The second-order valence-electron chi connectivity index (χ2n) is 4.01. The van der Waals surface area contributed by atoms with Crippen LogP contribution in [0.25, 0.3) is 11.1 Å². The summed E-state index contributed by atoms with van der Waals surface area (Å²) in [6.07, 6.45) is 0. The largest absolute Gasteiger partial charge is 0.497 e. The minimum Gasteiger partial charge on any atom is -0.497 e. The van der Waals surface area contributed by atoms with Gasteiger partial charge in [0.2, 0.25) is 0 Å². The number of fused-ring (bicyclic) bond motifs is 1. The molecule has 1 heterocycles. The molecule has 3 nitrogen and oxygen atoms in total. The normalized spacial score (nSPS) is 13.6. The summed E-state index contributed by atoms with van der Waals surface area (Å²) in [6.45, 7) is 0.823. The third-order valence-electron chi connectivity index (χ3n) is 2.94. The van der Waals surface area contributed by atoms with Gasteiger partial charge in [-0.1, -0.05) is 30.3 Å². The van der Waals surface area contributed by atoms with Gasteiger partial charge in [0, 0.05) is 17.7 Å². The Hall–Kier alpha value is -1.65. The van der Waals surface area contributed by atoms with Crippen LogP contribution >= 0.6 is 12.2 Å². The lowest BCUT2D eigenvalue weighted by molar-refractivity contribution is 0.415. The summed E-state index contributed by atoms with van der Waals surface area (Å²) in [5.41, 5.74) is 3.43. The van der Waals surface area contributed by atoms with E-state index in [0.717, 1.165) is 29.2 Å². The minimum atomic E-state index is 0.823. The predicted molar refractivity (Wildman–Crippen MR) is 73.5 cm³/mol. The Morgan fingerprint density at radius 3 is 2.78 bits per heavy atom. The van der Waals surface area contributed by atoms with Crippen LogP contribution in [0.3, 0.4) is 0 Å². The van der Waals surface area contributed by atoms with E-state index in [-0.39, 0.29) is 0 Å². The molecule has 0 atom stereocenters. The summed E-state index contributed by atoms with van der Waals surface area (Å²) in [5.74, 6) is 1.81. The highest BCUT2D eigenvalue weighted by Gasteiger charge is 2.16. The molecule has 1 aliphatic heterocycles. The van der Waals surface area contributed by atoms with E-state index >= 15 is 0 Å². The number of benzene rings is 2. The van der Waals surface area contributed by atoms with Crippen molar-refractivity contribution < 1.29 is 8.92 Å². The van der Waals surface area contributed by atoms with Gasteiger partial charge in [-0.15, -0.1) is 0 Å². The maximum atomic E-state index is 5.64. The first-order chi connectivity index (χ1) is 8.88. The van der Waals surface area contributed by atoms with Crippen molar-refractivity contribution in [2.24, 2.45) is 0 Å². The van der Waals surface area contributed by atoms with Gasteiger partial charge in [-0.05, 0) is 17.7 Å². The zero-order chi connectivity index (χ0) is 12.4. The van der Waals surface area contributed by atoms with Crippen LogP contribution in [0.2, 0.25) is 0 Å². The van der Waals surface area contributed by atoms with Crippen molar-refractivity contribution in [3.05, 3.63) is 48.0 Å². The van der Waals surface area contributed by atoms with Crippen molar-refractivity contribution in [2.45, 2.75) is 6.54 Å². The van der Waals surface area contributed by atoms with E-state index in [2.05, 4.69) is 22.9 Å². The predicted octanol–water partition coefficient (Wildman–Crippen LogP) is 3.41. The first-order valence-corrected chi connectivity index (χ1v) is 6.45. The Bertz CT molecular complexity index is 554. The highest BCUT2D eigenvalue weighted by molar-refractivity contribution is 7.93. The fourth-order valence-corrected chi connectivity index (χ4v) is 2.55. The SMILES string of the molecule is COc1ccc(-c2cccc3c2OSNC3)cc1. The van der Waals surface area contributed by atoms with Crippen molar-refractivity contribution in [3.63, 3.8) is 0 Å². The third-order valence-corrected chi connectivity index (χ3v) is 3.46. The summed E-state index contributed by atoms with van der Waals surface area (Å²) in [4.78, 5) is 0. The molecule has 1 N–H and O–H groups in total. The standard InChI is InChI=1S/C14H13NO2S/c1-16-12-7-5-10(6-8-12)13-4-2-3-11-9-15-18-17-14(11)13/h2-8,15H,9H2,1H3. The van der Waals surface area contributed by atoms with E-state index in [0.29, 0.717) is 0 Å². The lowest BCUT2D eigenvalue weighted by atomic mass is 10.0. The Morgan fingerprint density at radius 1 is 1.17 bits per heavy atom. The topological polar surface area (TPSA) is 30.5 Å². The zero-order valence-corrected chi connectivity index (χ0v) is 10.8. The van der Waals surface area contributed by atoms with E-state index in [9.17, 15) is 0 Å². The summed E-state index contributed by atoms with van der Waals surface area (Å²) in [5, 5.41) is 0. The Balaban J connectivity index is 2.05. The second kappa shape index (κ2) is 4.92. The number of hydrogen-bond acceptors (Lipinski definition) is 4. The molecule has 0 saturated heterocycles. The average Bonchev–Trinajstić information content (AvgIpc) is 2.47. The molecule has 0 spiro atoms. The van der Waals surface area contributed by atoms with Gasteiger partial charge >= 0.3 is 0 Å². The van der Waals surface area contributed by atoms with Crippen molar-refractivity contribution in [2.75, 3.05) is 7.11 Å². The average molecular weight is 259 g/mol. The molecular weight excluding hydrogens is 246 g/mol. The van der Waals surface area contributed by atoms with Crippen LogP contribution < -0.4 is 13.6 Å². The number of ether oxygens (including phenoxy) is 1. The molecule has 0 unspecified atom stereocenters. The zero-order valence-electron chi connectivity index (χ0n) is 9.97. The highest BCUT2D eigenvalue weighted by atomic mass is 32.2. The molecule has 0 aromatic heterocycles. The molecule has 0 fully saturated rings. The number of nitrogens with one attached hydrogen (secondary N) is 1. The molecule has 2 aromatic carbocycles. The van der Waals surface area contributed by atoms with Gasteiger partial charge in [-0.25, -0.2) is 4.72 Å². The molecule has 0 saturated carbocycles. The van der Waals surface area contributed by atoms with E-state index in [1.54, 1.807) is 7.11 Å². The molecule has 2 aromatic rings. The fraction of sp³-hybridized carbons (Fsp3) is 0.143. The first kappa shape index (κ1) is 11.4. The van der Waals surface area contributed by atoms with Crippen molar-refractivity contribution in [1.82, 2.24) is 4.72 Å². The molecule has 1 aliphatic rings. The molecule has 18 heavy (non-hydrogen) atoms. The van der Waals surface area contributed by atoms with Gasteiger partial charge < -0.3 is 8.92 Å². The van der Waals surface area contributed by atoms with E-state index in [1.165, 1.54) is 17.8 Å². The van der Waals surface area contributed by atoms with Crippen LogP contribution in [0.15, 0.2) is 42.5 Å². The Labute approximate surface area is 110 Å². The summed E-state index contributed by atoms with van der Waals surface area (Å²) in [7, 11) is 1.67. The molecule has 0 amide bonds. The van der Waals surface area contributed by atoms with E-state index in [1.807, 2.05) is 24.3 Å². The highest BCUT2D eigenvalue weighted by Crippen LogP contribution is 2.37. The van der Waals surface area contributed by atoms with Crippen molar-refractivity contribution in [3.8, 4) is 22.6 Å². The summed E-state index contributed by atoms with van der Waals surface area (Å²) < 4.78 is 13.9. The molecular formula is C14H13NO2S. The molecule has 0 aliphatic carbocycles. The lowest BCUT2D eigenvalue weighted by Gasteiger charge is -2.19. The maximum absolute atomic E-state index is 5.64. The van der Waals surface area contributed by atoms with Crippen LogP contribution in [0.1, 0.15) is 5.56 Å². The van der Waals surface area contributed by atoms with Crippen LogP contribution in [-0.2, 0) is 6.54 Å². The first-order valence-electron chi connectivity index (χ1n) is 5.71. The maximum Gasteiger partial charge on any atom is 0.151 e. The quantitative estimate of drug-likeness (QED) is 0.661. The van der Waals surface area contributed by atoms with Crippen LogP contribution in [0.4, 0.5) is 0 Å². The van der Waals surface area contributed by atoms with Gasteiger partial charge in [-0.2, -0.15) is 0 Å².